The zero-order chi connectivity index (χ0) is 25.7. The van der Waals surface area contributed by atoms with Gasteiger partial charge in [-0.15, -0.1) is 0 Å². The van der Waals surface area contributed by atoms with E-state index < -0.39 is 17.9 Å². The molecule has 5 rings (SSSR count). The number of carbonyl (C=O) groups is 2. The Bertz CT molecular complexity index is 1360. The van der Waals surface area contributed by atoms with Gasteiger partial charge in [0.15, 0.2) is 5.79 Å². The van der Waals surface area contributed by atoms with Gasteiger partial charge in [-0.25, -0.2) is 9.78 Å². The second-order valence-corrected chi connectivity index (χ2v) is 9.10. The van der Waals surface area contributed by atoms with Crippen molar-refractivity contribution in [2.75, 3.05) is 13.2 Å². The zero-order valence-electron chi connectivity index (χ0n) is 20.0. The molecule has 7 nitrogen and oxygen atoms in total. The molecule has 2 heterocycles. The van der Waals surface area contributed by atoms with E-state index in [0.29, 0.717) is 34.8 Å². The molecule has 4 aromatic rings. The molecule has 0 amide bonds. The lowest BCUT2D eigenvalue weighted by atomic mass is 10.00. The van der Waals surface area contributed by atoms with Crippen LogP contribution in [0.5, 0.6) is 0 Å². The predicted molar refractivity (Wildman–Crippen MR) is 137 cm³/mol. The molecule has 1 fully saturated rings. The average molecular weight is 517 g/mol. The number of benzene rings is 3. The van der Waals surface area contributed by atoms with Crippen LogP contribution in [-0.2, 0) is 26.4 Å². The molecule has 0 radical (unpaired) electrons. The molecule has 1 saturated heterocycles. The quantitative estimate of drug-likeness (QED) is 0.296. The molecule has 3 aromatic carbocycles. The summed E-state index contributed by atoms with van der Waals surface area (Å²) in [5.41, 5.74) is 1.82. The van der Waals surface area contributed by atoms with Gasteiger partial charge in [0.25, 0.3) is 5.91 Å². The first-order valence-corrected chi connectivity index (χ1v) is 12.3. The van der Waals surface area contributed by atoms with E-state index in [0.717, 1.165) is 5.56 Å². The van der Waals surface area contributed by atoms with Crippen molar-refractivity contribution in [1.82, 2.24) is 9.55 Å². The highest BCUT2D eigenvalue weighted by Crippen LogP contribution is 2.39. The highest BCUT2D eigenvalue weighted by atomic mass is 35.5. The minimum Gasteiger partial charge on any atom is -0.459 e. The SMILES string of the molecule is O=C(OC[C@H]1CO[C@](CCc2nccn2C(=O)c2ccccc2)(c2ccc(Cl)cc2)O1)c1ccccc1. The van der Waals surface area contributed by atoms with Crippen molar-refractivity contribution in [1.29, 1.82) is 0 Å². The van der Waals surface area contributed by atoms with Crippen LogP contribution in [0.25, 0.3) is 0 Å². The van der Waals surface area contributed by atoms with Gasteiger partial charge < -0.3 is 14.2 Å². The highest BCUT2D eigenvalue weighted by molar-refractivity contribution is 6.30. The normalized spacial score (nSPS) is 19.0. The minimum absolute atomic E-state index is 0.0458. The van der Waals surface area contributed by atoms with Gasteiger partial charge in [0, 0.05) is 41.4 Å². The van der Waals surface area contributed by atoms with Gasteiger partial charge in [0.2, 0.25) is 0 Å². The Morgan fingerprint density at radius 2 is 1.65 bits per heavy atom. The van der Waals surface area contributed by atoms with Crippen molar-refractivity contribution in [3.8, 4) is 0 Å². The van der Waals surface area contributed by atoms with Crippen LogP contribution in [0.2, 0.25) is 5.02 Å². The number of hydrogen-bond donors (Lipinski definition) is 0. The fraction of sp³-hybridized carbons (Fsp3) is 0.207. The topological polar surface area (TPSA) is 79.7 Å². The van der Waals surface area contributed by atoms with Crippen LogP contribution < -0.4 is 0 Å². The Morgan fingerprint density at radius 1 is 0.973 bits per heavy atom. The molecule has 0 saturated carbocycles. The number of nitrogens with zero attached hydrogens (tertiary/aromatic N) is 2. The summed E-state index contributed by atoms with van der Waals surface area (Å²) in [6, 6.07) is 25.1. The monoisotopic (exact) mass is 516 g/mol. The van der Waals surface area contributed by atoms with Crippen molar-refractivity contribution in [2.24, 2.45) is 0 Å². The second kappa shape index (κ2) is 11.1. The molecule has 0 spiro atoms. The Kier molecular flexibility index (Phi) is 7.46. The molecule has 188 valence electrons. The molecule has 37 heavy (non-hydrogen) atoms. The van der Waals surface area contributed by atoms with Crippen LogP contribution in [0.3, 0.4) is 0 Å². The van der Waals surface area contributed by atoms with E-state index in [2.05, 4.69) is 4.98 Å². The maximum absolute atomic E-state index is 13.0. The summed E-state index contributed by atoms with van der Waals surface area (Å²) in [6.45, 7) is 0.284. The van der Waals surface area contributed by atoms with Crippen molar-refractivity contribution in [3.63, 3.8) is 0 Å². The van der Waals surface area contributed by atoms with Gasteiger partial charge in [-0.2, -0.15) is 0 Å². The first-order chi connectivity index (χ1) is 18.0. The Morgan fingerprint density at radius 3 is 2.35 bits per heavy atom. The van der Waals surface area contributed by atoms with Crippen LogP contribution in [0.4, 0.5) is 0 Å². The first kappa shape index (κ1) is 24.9. The molecular formula is C29H25ClN2O5. The number of rotatable bonds is 8. The molecule has 0 unspecified atom stereocenters. The summed E-state index contributed by atoms with van der Waals surface area (Å²) < 4.78 is 19.6. The van der Waals surface area contributed by atoms with Gasteiger partial charge in [-0.1, -0.05) is 60.1 Å². The highest BCUT2D eigenvalue weighted by Gasteiger charge is 2.43. The van der Waals surface area contributed by atoms with Crippen molar-refractivity contribution >= 4 is 23.5 Å². The van der Waals surface area contributed by atoms with Gasteiger partial charge in [-0.05, 0) is 36.4 Å². The summed E-state index contributed by atoms with van der Waals surface area (Å²) >= 11 is 6.12. The van der Waals surface area contributed by atoms with Crippen LogP contribution in [0.15, 0.2) is 97.3 Å². The van der Waals surface area contributed by atoms with E-state index in [9.17, 15) is 9.59 Å². The third-order valence-electron chi connectivity index (χ3n) is 6.19. The number of halogens is 1. The number of carbonyl (C=O) groups excluding carboxylic acids is 2. The lowest BCUT2D eigenvalue weighted by Crippen LogP contribution is -2.31. The van der Waals surface area contributed by atoms with Gasteiger partial charge in [0.1, 0.15) is 18.5 Å². The molecule has 0 N–H and O–H groups in total. The molecule has 1 aliphatic rings. The maximum Gasteiger partial charge on any atom is 0.338 e. The molecule has 2 atom stereocenters. The number of hydrogen-bond acceptors (Lipinski definition) is 6. The summed E-state index contributed by atoms with van der Waals surface area (Å²) in [4.78, 5) is 29.8. The number of esters is 1. The van der Waals surface area contributed by atoms with E-state index in [1.807, 2.05) is 36.4 Å². The molecule has 0 aliphatic carbocycles. The molecule has 0 bridgehead atoms. The molecule has 1 aromatic heterocycles. The summed E-state index contributed by atoms with van der Waals surface area (Å²) in [5, 5.41) is 0.592. The molecule has 1 aliphatic heterocycles. The van der Waals surface area contributed by atoms with Gasteiger partial charge >= 0.3 is 5.97 Å². The third-order valence-corrected chi connectivity index (χ3v) is 6.44. The number of imidazole rings is 1. The van der Waals surface area contributed by atoms with Crippen molar-refractivity contribution in [3.05, 3.63) is 125 Å². The lowest BCUT2D eigenvalue weighted by Gasteiger charge is -2.29. The van der Waals surface area contributed by atoms with E-state index in [1.54, 1.807) is 65.5 Å². The fourth-order valence-electron chi connectivity index (χ4n) is 4.30. The largest absolute Gasteiger partial charge is 0.459 e. The van der Waals surface area contributed by atoms with Crippen LogP contribution in [-0.4, -0.2) is 40.7 Å². The molecular weight excluding hydrogens is 492 g/mol. The molecule has 8 heteroatoms. The van der Waals surface area contributed by atoms with Gasteiger partial charge in [0.05, 0.1) is 12.2 Å². The second-order valence-electron chi connectivity index (χ2n) is 8.66. The smallest absolute Gasteiger partial charge is 0.338 e. The Balaban J connectivity index is 1.31. The number of ether oxygens (including phenoxy) is 3. The van der Waals surface area contributed by atoms with Crippen molar-refractivity contribution < 1.29 is 23.8 Å². The third kappa shape index (κ3) is 5.64. The fourth-order valence-corrected chi connectivity index (χ4v) is 4.43. The van der Waals surface area contributed by atoms with Crippen molar-refractivity contribution in [2.45, 2.75) is 24.7 Å². The Labute approximate surface area is 219 Å². The Hall–Kier alpha value is -3.78. The van der Waals surface area contributed by atoms with Crippen LogP contribution >= 0.6 is 11.6 Å². The number of aryl methyl sites for hydroxylation is 1. The number of aromatic nitrogens is 2. The maximum atomic E-state index is 13.0. The van der Waals surface area contributed by atoms with E-state index in [-0.39, 0.29) is 19.1 Å². The predicted octanol–water partition coefficient (Wildman–Crippen LogP) is 5.28. The minimum atomic E-state index is -1.11. The first-order valence-electron chi connectivity index (χ1n) is 12.0. The lowest BCUT2D eigenvalue weighted by molar-refractivity contribution is -0.185. The van der Waals surface area contributed by atoms with E-state index >= 15 is 0 Å². The summed E-state index contributed by atoms with van der Waals surface area (Å²) in [6.07, 6.45) is 3.59. The summed E-state index contributed by atoms with van der Waals surface area (Å²) in [5.74, 6) is -1.10. The van der Waals surface area contributed by atoms with Crippen LogP contribution in [0.1, 0.15) is 38.5 Å². The van der Waals surface area contributed by atoms with E-state index in [1.165, 1.54) is 0 Å². The van der Waals surface area contributed by atoms with Crippen LogP contribution in [0, 0.1) is 0 Å². The summed E-state index contributed by atoms with van der Waals surface area (Å²) in [7, 11) is 0. The van der Waals surface area contributed by atoms with E-state index in [4.69, 9.17) is 25.8 Å². The average Bonchev–Trinajstić information content (AvgIpc) is 3.59. The van der Waals surface area contributed by atoms with Gasteiger partial charge in [-0.3, -0.25) is 9.36 Å². The zero-order valence-corrected chi connectivity index (χ0v) is 20.7. The standard InChI is InChI=1S/C29H25ClN2O5/c30-24-13-11-23(12-14-24)29(36-20-25(37-29)19-35-28(34)22-9-5-2-6-10-22)16-15-26-31-17-18-32(26)27(33)21-7-3-1-4-8-21/h1-14,17-18,25H,15-16,19-20H2/t25-,29-/m0/s1.